The van der Waals surface area contributed by atoms with E-state index in [9.17, 15) is 24.9 Å². The molecule has 272 valence electrons. The van der Waals surface area contributed by atoms with Crippen molar-refractivity contribution in [3.8, 4) is 5.75 Å². The summed E-state index contributed by atoms with van der Waals surface area (Å²) in [5.74, 6) is -0.957. The lowest BCUT2D eigenvalue weighted by molar-refractivity contribution is -0.127. The van der Waals surface area contributed by atoms with Crippen LogP contribution in [0.1, 0.15) is 34.7 Å². The van der Waals surface area contributed by atoms with E-state index in [4.69, 9.17) is 23.7 Å². The molecule has 1 aliphatic carbocycles. The number of alkyl carbamates (subject to hydrolysis) is 1. The fraction of sp³-hybridized carbons (Fsp3) is 0.474. The topological polar surface area (TPSA) is 165 Å². The smallest absolute Gasteiger partial charge is 0.407 e. The van der Waals surface area contributed by atoms with E-state index in [-0.39, 0.29) is 37.7 Å². The van der Waals surface area contributed by atoms with E-state index in [2.05, 4.69) is 10.6 Å². The molecule has 50 heavy (non-hydrogen) atoms. The first-order valence-electron chi connectivity index (χ1n) is 17.1. The molecule has 0 saturated carbocycles. The normalized spacial score (nSPS) is 17.0. The standard InChI is InChI=1S/C38H50N2O10/c1-46-15-16-47-17-18-48-19-20-49-21-22-50-38(45)39-33(24-27-7-3-2-4-8-27)34(42)26-30(23-28-11-13-31(41)14-12-28)37(44)40-36-32-10-6-5-9-29(32)25-35(36)43/h2-14,30,33-36,41-43H,15-26H2,1H3,(H,39,45)(H,40,44)/t30-,33+,34+,35-,36+/m1/s1. The molecule has 0 aromatic heterocycles. The third-order valence-electron chi connectivity index (χ3n) is 8.52. The van der Waals surface area contributed by atoms with Crippen molar-refractivity contribution in [2.45, 2.75) is 50.0 Å². The van der Waals surface area contributed by atoms with Gasteiger partial charge >= 0.3 is 6.09 Å². The molecule has 5 atom stereocenters. The quantitative estimate of drug-likeness (QED) is 0.0988. The predicted molar refractivity (Wildman–Crippen MR) is 186 cm³/mol. The van der Waals surface area contributed by atoms with Crippen molar-refractivity contribution in [1.29, 1.82) is 0 Å². The molecule has 0 radical (unpaired) electrons. The molecule has 0 spiro atoms. The number of phenolic OH excluding ortho intramolecular Hbond substituents is 1. The number of phenols is 1. The zero-order valence-corrected chi connectivity index (χ0v) is 28.6. The number of carbonyl (C=O) groups excluding carboxylic acids is 2. The summed E-state index contributed by atoms with van der Waals surface area (Å²) in [7, 11) is 1.61. The number of hydrogen-bond donors (Lipinski definition) is 5. The summed E-state index contributed by atoms with van der Waals surface area (Å²) in [6, 6.07) is 22.2. The number of benzene rings is 3. The Labute approximate surface area is 293 Å². The molecule has 0 fully saturated rings. The molecule has 12 heteroatoms. The van der Waals surface area contributed by atoms with Gasteiger partial charge in [0.25, 0.3) is 0 Å². The Morgan fingerprint density at radius 1 is 0.780 bits per heavy atom. The van der Waals surface area contributed by atoms with E-state index in [0.29, 0.717) is 52.5 Å². The Morgan fingerprint density at radius 3 is 2.06 bits per heavy atom. The van der Waals surface area contributed by atoms with Crippen LogP contribution in [0.25, 0.3) is 0 Å². The largest absolute Gasteiger partial charge is 0.508 e. The van der Waals surface area contributed by atoms with E-state index in [1.165, 1.54) is 0 Å². The van der Waals surface area contributed by atoms with Crippen molar-refractivity contribution in [1.82, 2.24) is 10.6 Å². The SMILES string of the molecule is COCCOCCOCCOCCOC(=O)N[C@@H](Cc1ccccc1)[C@@H](O)C[C@@H](Cc1ccc(O)cc1)C(=O)N[C@H]1c2ccccc2C[C@H]1O. The Kier molecular flexibility index (Phi) is 16.5. The van der Waals surface area contributed by atoms with Gasteiger partial charge in [0, 0.05) is 19.4 Å². The highest BCUT2D eigenvalue weighted by molar-refractivity contribution is 5.80. The first kappa shape index (κ1) is 38.8. The zero-order valence-electron chi connectivity index (χ0n) is 28.6. The average molecular weight is 695 g/mol. The summed E-state index contributed by atoms with van der Waals surface area (Å²) in [5, 5.41) is 38.0. The van der Waals surface area contributed by atoms with Crippen molar-refractivity contribution >= 4 is 12.0 Å². The van der Waals surface area contributed by atoms with Gasteiger partial charge in [-0.1, -0.05) is 66.7 Å². The van der Waals surface area contributed by atoms with Crippen LogP contribution in [0.3, 0.4) is 0 Å². The summed E-state index contributed by atoms with van der Waals surface area (Å²) >= 11 is 0. The summed E-state index contributed by atoms with van der Waals surface area (Å²) in [6.07, 6.45) is -1.64. The average Bonchev–Trinajstić information content (AvgIpc) is 3.43. The lowest BCUT2D eigenvalue weighted by atomic mass is 9.88. The Balaban J connectivity index is 1.34. The van der Waals surface area contributed by atoms with Gasteiger partial charge in [-0.25, -0.2) is 4.79 Å². The molecule has 3 aromatic rings. The lowest BCUT2D eigenvalue weighted by Gasteiger charge is -2.28. The Hall–Kier alpha value is -4.04. The van der Waals surface area contributed by atoms with Crippen molar-refractivity contribution in [3.05, 3.63) is 101 Å². The highest BCUT2D eigenvalue weighted by atomic mass is 16.6. The number of aromatic hydroxyl groups is 1. The minimum atomic E-state index is -1.14. The van der Waals surface area contributed by atoms with Crippen molar-refractivity contribution in [2.24, 2.45) is 5.92 Å². The molecular weight excluding hydrogens is 644 g/mol. The minimum absolute atomic E-state index is 0.00279. The molecule has 3 aromatic carbocycles. The van der Waals surface area contributed by atoms with E-state index >= 15 is 0 Å². The zero-order chi connectivity index (χ0) is 35.6. The van der Waals surface area contributed by atoms with Gasteiger partial charge < -0.3 is 49.6 Å². The highest BCUT2D eigenvalue weighted by Crippen LogP contribution is 2.32. The molecule has 1 aliphatic rings. The number of nitrogens with one attached hydrogen (secondary N) is 2. The third-order valence-corrected chi connectivity index (χ3v) is 8.52. The first-order chi connectivity index (χ1) is 24.3. The van der Waals surface area contributed by atoms with Gasteiger partial charge in [-0.15, -0.1) is 0 Å². The monoisotopic (exact) mass is 694 g/mol. The Morgan fingerprint density at radius 2 is 1.38 bits per heavy atom. The fourth-order valence-corrected chi connectivity index (χ4v) is 5.90. The number of rotatable bonds is 22. The number of aliphatic hydroxyl groups is 2. The molecule has 0 heterocycles. The van der Waals surface area contributed by atoms with Crippen LogP contribution in [-0.4, -0.2) is 106 Å². The molecule has 0 saturated heterocycles. The molecule has 0 bridgehead atoms. The second kappa shape index (κ2) is 21.2. The molecule has 4 rings (SSSR count). The van der Waals surface area contributed by atoms with Crippen LogP contribution in [0, 0.1) is 5.92 Å². The second-order valence-corrected chi connectivity index (χ2v) is 12.2. The van der Waals surface area contributed by atoms with Crippen LogP contribution < -0.4 is 10.6 Å². The first-order valence-corrected chi connectivity index (χ1v) is 17.1. The fourth-order valence-electron chi connectivity index (χ4n) is 5.90. The summed E-state index contributed by atoms with van der Waals surface area (Å²) < 4.78 is 26.5. The van der Waals surface area contributed by atoms with Crippen LogP contribution in [-0.2, 0) is 47.7 Å². The van der Waals surface area contributed by atoms with E-state index in [1.54, 1.807) is 31.4 Å². The van der Waals surface area contributed by atoms with Crippen LogP contribution >= 0.6 is 0 Å². The summed E-state index contributed by atoms with van der Waals surface area (Å²) in [4.78, 5) is 26.8. The number of fused-ring (bicyclic) bond motifs is 1. The van der Waals surface area contributed by atoms with Crippen LogP contribution in [0.2, 0.25) is 0 Å². The number of ether oxygens (including phenoxy) is 5. The maximum absolute atomic E-state index is 13.9. The second-order valence-electron chi connectivity index (χ2n) is 12.2. The summed E-state index contributed by atoms with van der Waals surface area (Å²) in [5.41, 5.74) is 3.51. The van der Waals surface area contributed by atoms with Gasteiger partial charge in [0.15, 0.2) is 0 Å². The van der Waals surface area contributed by atoms with E-state index < -0.39 is 36.3 Å². The minimum Gasteiger partial charge on any atom is -0.508 e. The van der Waals surface area contributed by atoms with E-state index in [0.717, 1.165) is 22.3 Å². The maximum atomic E-state index is 13.9. The van der Waals surface area contributed by atoms with Gasteiger partial charge in [0.05, 0.1) is 70.5 Å². The van der Waals surface area contributed by atoms with Crippen molar-refractivity contribution < 1.29 is 48.6 Å². The lowest BCUT2D eigenvalue weighted by Crippen LogP contribution is -2.47. The number of hydrogen-bond acceptors (Lipinski definition) is 10. The van der Waals surface area contributed by atoms with E-state index in [1.807, 2.05) is 54.6 Å². The molecule has 12 nitrogen and oxygen atoms in total. The Bertz CT molecular complexity index is 1420. The number of methoxy groups -OCH3 is 1. The number of carbonyl (C=O) groups is 2. The summed E-state index contributed by atoms with van der Waals surface area (Å²) in [6.45, 7) is 2.80. The van der Waals surface area contributed by atoms with Crippen LogP contribution in [0.5, 0.6) is 5.75 Å². The predicted octanol–water partition coefficient (Wildman–Crippen LogP) is 3.11. The number of amides is 2. The molecule has 0 aliphatic heterocycles. The molecule has 2 amide bonds. The van der Waals surface area contributed by atoms with Gasteiger partial charge in [-0.2, -0.15) is 0 Å². The van der Waals surface area contributed by atoms with Crippen molar-refractivity contribution in [2.75, 3.05) is 60.0 Å². The maximum Gasteiger partial charge on any atom is 0.407 e. The van der Waals surface area contributed by atoms with Crippen LogP contribution in [0.15, 0.2) is 78.9 Å². The van der Waals surface area contributed by atoms with Gasteiger partial charge in [-0.05, 0) is 53.6 Å². The van der Waals surface area contributed by atoms with Gasteiger partial charge in [0.1, 0.15) is 12.4 Å². The van der Waals surface area contributed by atoms with Crippen molar-refractivity contribution in [3.63, 3.8) is 0 Å². The highest BCUT2D eigenvalue weighted by Gasteiger charge is 2.35. The van der Waals surface area contributed by atoms with Crippen LogP contribution in [0.4, 0.5) is 4.79 Å². The molecule has 5 N–H and O–H groups in total. The number of aliphatic hydroxyl groups excluding tert-OH is 2. The van der Waals surface area contributed by atoms with Gasteiger partial charge in [-0.3, -0.25) is 4.79 Å². The molecular formula is C38H50N2O10. The molecule has 0 unspecified atom stereocenters. The van der Waals surface area contributed by atoms with Gasteiger partial charge in [0.2, 0.25) is 5.91 Å². The third kappa shape index (κ3) is 13.0.